The number of hydrogen-bond donors (Lipinski definition) is 3. The summed E-state index contributed by atoms with van der Waals surface area (Å²) in [6.07, 6.45) is 1.14. The van der Waals surface area contributed by atoms with Crippen LogP contribution in [0.5, 0.6) is 0 Å². The molecule has 134 valence electrons. The molecule has 2 saturated heterocycles. The second-order valence-corrected chi connectivity index (χ2v) is 7.81. The number of aliphatic hydroxyl groups excluding tert-OH is 1. The van der Waals surface area contributed by atoms with Crippen molar-refractivity contribution in [2.24, 2.45) is 5.92 Å². The molecule has 3 aliphatic rings. The van der Waals surface area contributed by atoms with Crippen molar-refractivity contribution >= 4 is 40.7 Å². The molecule has 0 aromatic heterocycles. The van der Waals surface area contributed by atoms with Crippen LogP contribution in [-0.4, -0.2) is 49.2 Å². The quantitative estimate of drug-likeness (QED) is 0.665. The fourth-order valence-corrected chi connectivity index (χ4v) is 4.52. The molecule has 6 nitrogen and oxygen atoms in total. The summed E-state index contributed by atoms with van der Waals surface area (Å²) in [5, 5.41) is 16.3. The van der Waals surface area contributed by atoms with Crippen LogP contribution in [0, 0.1) is 5.92 Å². The molecule has 3 atom stereocenters. The largest absolute Gasteiger partial charge is 0.395 e. The fraction of sp³-hybridized carbons (Fsp3) is 0.529. The molecule has 2 amide bonds. The number of nitrogens with one attached hydrogen (secondary N) is 2. The van der Waals surface area contributed by atoms with Gasteiger partial charge in [0.15, 0.2) is 0 Å². The summed E-state index contributed by atoms with van der Waals surface area (Å²) in [4.78, 5) is 27.7. The average molecular weight is 384 g/mol. The smallest absolute Gasteiger partial charge is 0.245 e. The van der Waals surface area contributed by atoms with E-state index in [9.17, 15) is 14.7 Å². The van der Waals surface area contributed by atoms with Gasteiger partial charge in [-0.3, -0.25) is 9.59 Å². The van der Waals surface area contributed by atoms with E-state index in [-0.39, 0.29) is 30.4 Å². The Morgan fingerprint density at radius 3 is 2.76 bits per heavy atom. The topological polar surface area (TPSA) is 81.7 Å². The number of anilines is 1. The zero-order valence-corrected chi connectivity index (χ0v) is 15.0. The van der Waals surface area contributed by atoms with Gasteiger partial charge in [-0.15, -0.1) is 0 Å². The second-order valence-electron chi connectivity index (χ2n) is 6.99. The van der Waals surface area contributed by atoms with Crippen LogP contribution in [0.1, 0.15) is 18.4 Å². The van der Waals surface area contributed by atoms with Crippen molar-refractivity contribution < 1.29 is 14.7 Å². The highest BCUT2D eigenvalue weighted by Gasteiger charge is 2.55. The molecule has 0 bridgehead atoms. The van der Waals surface area contributed by atoms with Gasteiger partial charge in [-0.2, -0.15) is 0 Å². The number of halogens is 2. The third-order valence-electron chi connectivity index (χ3n) is 5.57. The number of hydrogen-bond acceptors (Lipinski definition) is 5. The summed E-state index contributed by atoms with van der Waals surface area (Å²) in [7, 11) is 0. The molecular weight excluding hydrogens is 365 g/mol. The lowest BCUT2D eigenvalue weighted by Crippen LogP contribution is -2.46. The van der Waals surface area contributed by atoms with Crippen LogP contribution in [0.25, 0.3) is 0 Å². The molecule has 3 N–H and O–H groups in total. The first-order chi connectivity index (χ1) is 12.0. The molecule has 0 unspecified atom stereocenters. The molecule has 1 aromatic carbocycles. The molecule has 3 heterocycles. The highest BCUT2D eigenvalue weighted by Crippen LogP contribution is 2.48. The Labute approximate surface area is 155 Å². The van der Waals surface area contributed by atoms with Gasteiger partial charge in [-0.1, -0.05) is 23.2 Å². The van der Waals surface area contributed by atoms with E-state index in [1.165, 1.54) is 4.90 Å². The van der Waals surface area contributed by atoms with Crippen LogP contribution in [-0.2, 0) is 15.0 Å². The molecule has 8 heteroatoms. The van der Waals surface area contributed by atoms with Crippen LogP contribution in [0.3, 0.4) is 0 Å². The highest BCUT2D eigenvalue weighted by molar-refractivity contribution is 6.42. The van der Waals surface area contributed by atoms with Gasteiger partial charge in [0.05, 0.1) is 33.7 Å². The van der Waals surface area contributed by atoms with Crippen molar-refractivity contribution in [1.82, 2.24) is 10.6 Å². The number of fused-ring (bicyclic) bond motifs is 2. The maximum atomic E-state index is 13.3. The zero-order chi connectivity index (χ0) is 17.8. The average Bonchev–Trinajstić information content (AvgIpc) is 3.30. The van der Waals surface area contributed by atoms with E-state index in [0.717, 1.165) is 5.56 Å². The van der Waals surface area contributed by atoms with E-state index >= 15 is 0 Å². The standard InChI is InChI=1S/C17H19Cl2N3O3/c18-12-4-11-14(5-13(12)19)22(16(25)17(11)1-2-20-8-17)15(24)9-3-10(7-23)21-6-9/h4-5,9-10,20-21,23H,1-3,6-8H2/t9-,10-,17+/m0/s1. The van der Waals surface area contributed by atoms with Crippen molar-refractivity contribution in [3.05, 3.63) is 27.7 Å². The van der Waals surface area contributed by atoms with E-state index in [1.807, 2.05) is 0 Å². The summed E-state index contributed by atoms with van der Waals surface area (Å²) < 4.78 is 0. The van der Waals surface area contributed by atoms with Crippen LogP contribution in [0.15, 0.2) is 12.1 Å². The Hall–Kier alpha value is -1.18. The summed E-state index contributed by atoms with van der Waals surface area (Å²) in [6.45, 7) is 1.63. The predicted octanol–water partition coefficient (Wildman–Crippen LogP) is 1.07. The number of carbonyl (C=O) groups excluding carboxylic acids is 2. The number of amides is 2. The van der Waals surface area contributed by atoms with E-state index in [2.05, 4.69) is 10.6 Å². The Morgan fingerprint density at radius 1 is 1.36 bits per heavy atom. The minimum Gasteiger partial charge on any atom is -0.395 e. The molecule has 0 saturated carbocycles. The Morgan fingerprint density at radius 2 is 2.12 bits per heavy atom. The van der Waals surface area contributed by atoms with Gasteiger partial charge in [-0.05, 0) is 37.1 Å². The van der Waals surface area contributed by atoms with Gasteiger partial charge in [0, 0.05) is 19.1 Å². The van der Waals surface area contributed by atoms with Crippen LogP contribution in [0.2, 0.25) is 10.0 Å². The first-order valence-corrected chi connectivity index (χ1v) is 9.16. The lowest BCUT2D eigenvalue weighted by Gasteiger charge is -2.23. The molecule has 1 aromatic rings. The Balaban J connectivity index is 1.76. The lowest BCUT2D eigenvalue weighted by molar-refractivity contribution is -0.130. The van der Waals surface area contributed by atoms with Crippen molar-refractivity contribution in [1.29, 1.82) is 0 Å². The highest BCUT2D eigenvalue weighted by atomic mass is 35.5. The van der Waals surface area contributed by atoms with E-state index < -0.39 is 5.41 Å². The minimum atomic E-state index is -0.748. The zero-order valence-electron chi connectivity index (χ0n) is 13.5. The molecule has 1 spiro atoms. The fourth-order valence-electron chi connectivity index (χ4n) is 4.20. The minimum absolute atomic E-state index is 0.0242. The normalized spacial score (nSPS) is 31.2. The van der Waals surface area contributed by atoms with E-state index in [1.54, 1.807) is 12.1 Å². The van der Waals surface area contributed by atoms with Gasteiger partial charge in [0.25, 0.3) is 0 Å². The predicted molar refractivity (Wildman–Crippen MR) is 95.1 cm³/mol. The summed E-state index contributed by atoms with van der Waals surface area (Å²) in [5.41, 5.74) is 0.567. The van der Waals surface area contributed by atoms with Gasteiger partial charge in [0.2, 0.25) is 11.8 Å². The van der Waals surface area contributed by atoms with Crippen LogP contribution in [0.4, 0.5) is 5.69 Å². The molecule has 0 aliphatic carbocycles. The Kier molecular flexibility index (Phi) is 4.29. The summed E-state index contributed by atoms with van der Waals surface area (Å²) in [5.74, 6) is -0.784. The molecule has 3 aliphatic heterocycles. The first kappa shape index (κ1) is 17.2. The van der Waals surface area contributed by atoms with E-state index in [4.69, 9.17) is 23.2 Å². The van der Waals surface area contributed by atoms with Crippen molar-refractivity contribution in [2.75, 3.05) is 31.1 Å². The number of benzene rings is 1. The van der Waals surface area contributed by atoms with Crippen molar-refractivity contribution in [2.45, 2.75) is 24.3 Å². The SMILES string of the molecule is O=C([C@@H]1CN[C@H](CO)C1)N1C(=O)[C@@]2(CCNC2)c2cc(Cl)c(Cl)cc21. The van der Waals surface area contributed by atoms with Crippen LogP contribution < -0.4 is 15.5 Å². The summed E-state index contributed by atoms with van der Waals surface area (Å²) >= 11 is 12.4. The number of imide groups is 1. The Bertz CT molecular complexity index is 749. The monoisotopic (exact) mass is 383 g/mol. The molecule has 25 heavy (non-hydrogen) atoms. The summed E-state index contributed by atoms with van der Waals surface area (Å²) in [6, 6.07) is 3.23. The molecule has 4 rings (SSSR count). The third kappa shape index (κ3) is 2.51. The lowest BCUT2D eigenvalue weighted by atomic mass is 9.81. The number of rotatable bonds is 2. The third-order valence-corrected chi connectivity index (χ3v) is 6.30. The van der Waals surface area contributed by atoms with Gasteiger partial charge in [0.1, 0.15) is 0 Å². The van der Waals surface area contributed by atoms with Gasteiger partial charge in [-0.25, -0.2) is 4.90 Å². The number of aliphatic hydroxyl groups is 1. The maximum absolute atomic E-state index is 13.3. The van der Waals surface area contributed by atoms with E-state index in [0.29, 0.717) is 48.2 Å². The molecular formula is C17H19Cl2N3O3. The number of carbonyl (C=O) groups is 2. The van der Waals surface area contributed by atoms with Crippen molar-refractivity contribution in [3.63, 3.8) is 0 Å². The first-order valence-electron chi connectivity index (χ1n) is 8.41. The second kappa shape index (κ2) is 6.21. The molecule has 2 fully saturated rings. The molecule has 0 radical (unpaired) electrons. The maximum Gasteiger partial charge on any atom is 0.245 e. The van der Waals surface area contributed by atoms with Crippen molar-refractivity contribution in [3.8, 4) is 0 Å². The van der Waals surface area contributed by atoms with Crippen LogP contribution >= 0.6 is 23.2 Å². The van der Waals surface area contributed by atoms with Gasteiger partial charge >= 0.3 is 0 Å². The van der Waals surface area contributed by atoms with Gasteiger partial charge < -0.3 is 15.7 Å². The number of nitrogens with zero attached hydrogens (tertiary/aromatic N) is 1.